The number of rotatable bonds is 6. The Labute approximate surface area is 112 Å². The first kappa shape index (κ1) is 12.6. The Kier molecular flexibility index (Phi) is 5.02. The molecule has 0 bridgehead atoms. The van der Waals surface area contributed by atoms with E-state index in [1.807, 2.05) is 22.7 Å². The average molecular weight is 262 g/mol. The number of hydrogen-bond acceptors (Lipinski definition) is 2. The highest BCUT2D eigenvalue weighted by atomic mass is 32.1. The molecule has 0 aliphatic rings. The Morgan fingerprint density at radius 2 is 1.71 bits per heavy atom. The SMILES string of the molecule is CCCCCC=C(c1cccs1)c1cccs1. The van der Waals surface area contributed by atoms with Gasteiger partial charge in [-0.15, -0.1) is 22.7 Å². The summed E-state index contributed by atoms with van der Waals surface area (Å²) in [6, 6.07) is 8.70. The molecule has 0 aromatic carbocycles. The van der Waals surface area contributed by atoms with Crippen LogP contribution in [0.15, 0.2) is 41.1 Å². The van der Waals surface area contributed by atoms with Crippen LogP contribution in [-0.4, -0.2) is 0 Å². The van der Waals surface area contributed by atoms with Gasteiger partial charge >= 0.3 is 0 Å². The first-order valence-corrected chi connectivity index (χ1v) is 7.95. The van der Waals surface area contributed by atoms with Crippen molar-refractivity contribution in [2.75, 3.05) is 0 Å². The molecule has 0 unspecified atom stereocenters. The van der Waals surface area contributed by atoms with Crippen molar-refractivity contribution < 1.29 is 0 Å². The molecule has 0 spiro atoms. The van der Waals surface area contributed by atoms with Gasteiger partial charge in [0.15, 0.2) is 0 Å². The molecule has 2 rings (SSSR count). The quantitative estimate of drug-likeness (QED) is 0.575. The molecule has 0 aliphatic heterocycles. The first-order valence-electron chi connectivity index (χ1n) is 6.19. The van der Waals surface area contributed by atoms with Gasteiger partial charge in [-0.2, -0.15) is 0 Å². The maximum atomic E-state index is 2.41. The third-order valence-corrected chi connectivity index (χ3v) is 4.54. The van der Waals surface area contributed by atoms with E-state index in [2.05, 4.69) is 48.0 Å². The molecule has 0 saturated heterocycles. The second-order valence-corrected chi connectivity index (χ2v) is 5.96. The van der Waals surface area contributed by atoms with Crippen molar-refractivity contribution in [3.05, 3.63) is 50.9 Å². The third-order valence-electron chi connectivity index (χ3n) is 2.73. The Morgan fingerprint density at radius 3 is 2.18 bits per heavy atom. The van der Waals surface area contributed by atoms with Crippen molar-refractivity contribution in [3.63, 3.8) is 0 Å². The maximum absolute atomic E-state index is 2.41. The van der Waals surface area contributed by atoms with Crippen LogP contribution in [0.1, 0.15) is 42.4 Å². The van der Waals surface area contributed by atoms with Crippen LogP contribution >= 0.6 is 22.7 Å². The number of thiophene rings is 2. The molecule has 0 radical (unpaired) electrons. The monoisotopic (exact) mass is 262 g/mol. The second kappa shape index (κ2) is 6.77. The highest BCUT2D eigenvalue weighted by molar-refractivity contribution is 7.13. The molecule has 0 amide bonds. The van der Waals surface area contributed by atoms with E-state index in [9.17, 15) is 0 Å². The smallest absolute Gasteiger partial charge is 0.0353 e. The van der Waals surface area contributed by atoms with E-state index < -0.39 is 0 Å². The summed E-state index contributed by atoms with van der Waals surface area (Å²) in [6.07, 6.45) is 7.53. The summed E-state index contributed by atoms with van der Waals surface area (Å²) in [5.74, 6) is 0. The zero-order chi connectivity index (χ0) is 11.9. The lowest BCUT2D eigenvalue weighted by Gasteiger charge is -2.02. The topological polar surface area (TPSA) is 0 Å². The molecule has 2 heteroatoms. The number of hydrogen-bond donors (Lipinski definition) is 0. The van der Waals surface area contributed by atoms with Gasteiger partial charge in [-0.3, -0.25) is 0 Å². The Bertz CT molecular complexity index is 399. The second-order valence-electron chi connectivity index (χ2n) is 4.07. The van der Waals surface area contributed by atoms with Gasteiger partial charge < -0.3 is 0 Å². The largest absolute Gasteiger partial charge is 0.144 e. The summed E-state index contributed by atoms with van der Waals surface area (Å²) < 4.78 is 0. The molecule has 90 valence electrons. The summed E-state index contributed by atoms with van der Waals surface area (Å²) in [7, 11) is 0. The van der Waals surface area contributed by atoms with E-state index >= 15 is 0 Å². The van der Waals surface area contributed by atoms with Crippen LogP contribution in [-0.2, 0) is 0 Å². The lowest BCUT2D eigenvalue weighted by Crippen LogP contribution is -1.81. The van der Waals surface area contributed by atoms with Gasteiger partial charge in [0.25, 0.3) is 0 Å². The Balaban J connectivity index is 2.14. The highest BCUT2D eigenvalue weighted by Crippen LogP contribution is 2.30. The van der Waals surface area contributed by atoms with Gasteiger partial charge in [-0.25, -0.2) is 0 Å². The van der Waals surface area contributed by atoms with Crippen LogP contribution in [0.5, 0.6) is 0 Å². The van der Waals surface area contributed by atoms with Crippen molar-refractivity contribution in [2.24, 2.45) is 0 Å². The molecular formula is C15H18S2. The van der Waals surface area contributed by atoms with E-state index in [1.165, 1.54) is 41.0 Å². The molecule has 0 fully saturated rings. The fraction of sp³-hybridized carbons (Fsp3) is 0.333. The van der Waals surface area contributed by atoms with Crippen molar-refractivity contribution in [3.8, 4) is 0 Å². The minimum absolute atomic E-state index is 1.19. The first-order chi connectivity index (χ1) is 8.42. The zero-order valence-corrected chi connectivity index (χ0v) is 11.8. The average Bonchev–Trinajstić information content (AvgIpc) is 3.02. The van der Waals surface area contributed by atoms with E-state index in [4.69, 9.17) is 0 Å². The summed E-state index contributed by atoms with van der Waals surface area (Å²) in [5, 5.41) is 4.31. The molecule has 0 atom stereocenters. The summed E-state index contributed by atoms with van der Waals surface area (Å²) in [4.78, 5) is 2.79. The molecular weight excluding hydrogens is 244 g/mol. The van der Waals surface area contributed by atoms with Gasteiger partial charge in [0.2, 0.25) is 0 Å². The van der Waals surface area contributed by atoms with Crippen molar-refractivity contribution in [1.82, 2.24) is 0 Å². The van der Waals surface area contributed by atoms with Crippen molar-refractivity contribution in [2.45, 2.75) is 32.6 Å². The van der Waals surface area contributed by atoms with Crippen LogP contribution in [0.25, 0.3) is 5.57 Å². The van der Waals surface area contributed by atoms with E-state index in [0.29, 0.717) is 0 Å². The van der Waals surface area contributed by atoms with E-state index in [0.717, 1.165) is 0 Å². The fourth-order valence-corrected chi connectivity index (χ4v) is 3.45. The predicted octanol–water partition coefficient (Wildman–Crippen LogP) is 5.82. The molecule has 0 N–H and O–H groups in total. The van der Waals surface area contributed by atoms with Gasteiger partial charge in [0.05, 0.1) is 0 Å². The van der Waals surface area contributed by atoms with Gasteiger partial charge in [0, 0.05) is 15.3 Å². The van der Waals surface area contributed by atoms with Crippen LogP contribution in [0.3, 0.4) is 0 Å². The van der Waals surface area contributed by atoms with Crippen molar-refractivity contribution in [1.29, 1.82) is 0 Å². The lowest BCUT2D eigenvalue weighted by molar-refractivity contribution is 0.730. The minimum Gasteiger partial charge on any atom is -0.144 e. The number of unbranched alkanes of at least 4 members (excludes halogenated alkanes) is 3. The van der Waals surface area contributed by atoms with Crippen LogP contribution in [0.2, 0.25) is 0 Å². The molecule has 2 heterocycles. The van der Waals surface area contributed by atoms with Gasteiger partial charge in [-0.1, -0.05) is 38.0 Å². The minimum atomic E-state index is 1.19. The van der Waals surface area contributed by atoms with E-state index in [-0.39, 0.29) is 0 Å². The molecule has 0 nitrogen and oxygen atoms in total. The lowest BCUT2D eigenvalue weighted by atomic mass is 10.1. The Hall–Kier alpha value is -0.860. The molecule has 0 aliphatic carbocycles. The maximum Gasteiger partial charge on any atom is 0.0353 e. The van der Waals surface area contributed by atoms with Crippen molar-refractivity contribution >= 4 is 28.2 Å². The Morgan fingerprint density at radius 1 is 1.06 bits per heavy atom. The summed E-state index contributed by atoms with van der Waals surface area (Å²) in [6.45, 7) is 2.25. The summed E-state index contributed by atoms with van der Waals surface area (Å²) >= 11 is 3.66. The number of allylic oxidation sites excluding steroid dienone is 1. The van der Waals surface area contributed by atoms with Gasteiger partial charge in [0.1, 0.15) is 0 Å². The van der Waals surface area contributed by atoms with Crippen LogP contribution in [0.4, 0.5) is 0 Å². The molecule has 2 aromatic rings. The predicted molar refractivity (Wildman–Crippen MR) is 79.9 cm³/mol. The standard InChI is InChI=1S/C15H18S2/c1-2-3-4-5-8-13(14-9-6-11-16-14)15-10-7-12-17-15/h6-12H,2-5H2,1H3. The highest BCUT2D eigenvalue weighted by Gasteiger charge is 2.06. The van der Waals surface area contributed by atoms with Gasteiger partial charge in [-0.05, 0) is 35.7 Å². The third kappa shape index (κ3) is 3.55. The van der Waals surface area contributed by atoms with Crippen LogP contribution < -0.4 is 0 Å². The molecule has 2 aromatic heterocycles. The summed E-state index contributed by atoms with van der Waals surface area (Å²) in [5.41, 5.74) is 1.42. The zero-order valence-electron chi connectivity index (χ0n) is 10.2. The normalized spacial score (nSPS) is 10.4. The fourth-order valence-electron chi connectivity index (χ4n) is 1.83. The molecule has 0 saturated carbocycles. The van der Waals surface area contributed by atoms with E-state index in [1.54, 1.807) is 0 Å². The van der Waals surface area contributed by atoms with Crippen LogP contribution in [0, 0.1) is 0 Å². The molecule has 17 heavy (non-hydrogen) atoms.